The molecule has 1 heterocycles. The van der Waals surface area contributed by atoms with Crippen molar-refractivity contribution in [1.82, 2.24) is 4.57 Å². The number of rotatable bonds is 2. The molecule has 0 fully saturated rings. The van der Waals surface area contributed by atoms with Crippen LogP contribution in [0.4, 0.5) is 0 Å². The number of nitrogens with zero attached hydrogens (tertiary/aromatic N) is 1. The van der Waals surface area contributed by atoms with E-state index in [9.17, 15) is 0 Å². The number of hydrogen-bond acceptors (Lipinski definition) is 0. The van der Waals surface area contributed by atoms with Crippen molar-refractivity contribution in [2.24, 2.45) is 0 Å². The Bertz CT molecular complexity index is 2270. The summed E-state index contributed by atoms with van der Waals surface area (Å²) in [6.07, 6.45) is 0. The van der Waals surface area contributed by atoms with Crippen molar-refractivity contribution in [3.63, 3.8) is 0 Å². The molecule has 1 heteroatoms. The van der Waals surface area contributed by atoms with Crippen molar-refractivity contribution in [3.8, 4) is 16.8 Å². The zero-order chi connectivity index (χ0) is 26.5. The van der Waals surface area contributed by atoms with Gasteiger partial charge in [-0.2, -0.15) is 0 Å². The van der Waals surface area contributed by atoms with Crippen molar-refractivity contribution in [2.45, 2.75) is 19.8 Å². The van der Waals surface area contributed by atoms with Gasteiger partial charge >= 0.3 is 0 Å². The van der Waals surface area contributed by atoms with E-state index in [1.807, 2.05) is 0 Å². The van der Waals surface area contributed by atoms with Crippen LogP contribution in [0.3, 0.4) is 0 Å². The van der Waals surface area contributed by atoms with E-state index in [2.05, 4.69) is 140 Å². The molecule has 1 aromatic heterocycles. The summed E-state index contributed by atoms with van der Waals surface area (Å²) >= 11 is 0. The Kier molecular flexibility index (Phi) is 4.31. The maximum absolute atomic E-state index is 2.51. The smallest absolute Gasteiger partial charge is 0.0613 e. The highest BCUT2D eigenvalue weighted by Gasteiger charge is 2.30. The maximum Gasteiger partial charge on any atom is 0.0613 e. The molecule has 0 bridgehead atoms. The minimum absolute atomic E-state index is 0.267. The van der Waals surface area contributed by atoms with Gasteiger partial charge < -0.3 is 4.57 Å². The van der Waals surface area contributed by atoms with Crippen LogP contribution in [0.2, 0.25) is 0 Å². The predicted molar refractivity (Wildman–Crippen MR) is 169 cm³/mol. The lowest BCUT2D eigenvalue weighted by Crippen LogP contribution is -2.01. The van der Waals surface area contributed by atoms with Gasteiger partial charge in [0.05, 0.1) is 5.52 Å². The number of aromatic nitrogens is 1. The standard InChI is InChI=1S/C39H27N/c1-23-24(2)40(39-33-19-17-27-12-8-11-26-15-16-28(21-34(23)39)38(33)36(26)27)29-18-20-32-35(22-29)30-13-6-7-14-31(30)37(32)25-9-4-3-5-10-25/h3-22,37H,1-2H3. The molecule has 0 spiro atoms. The summed E-state index contributed by atoms with van der Waals surface area (Å²) in [5.41, 5.74) is 12.0. The van der Waals surface area contributed by atoms with Gasteiger partial charge in [0.1, 0.15) is 0 Å². The molecule has 0 saturated carbocycles. The molecule has 7 aromatic carbocycles. The molecule has 188 valence electrons. The van der Waals surface area contributed by atoms with Crippen molar-refractivity contribution in [3.05, 3.63) is 149 Å². The van der Waals surface area contributed by atoms with Crippen LogP contribution in [-0.4, -0.2) is 4.57 Å². The Morgan fingerprint density at radius 3 is 2.10 bits per heavy atom. The number of aryl methyl sites for hydroxylation is 1. The van der Waals surface area contributed by atoms with Crippen molar-refractivity contribution < 1.29 is 0 Å². The second kappa shape index (κ2) is 7.83. The van der Waals surface area contributed by atoms with Gasteiger partial charge in [-0.1, -0.05) is 103 Å². The maximum atomic E-state index is 2.51. The van der Waals surface area contributed by atoms with Crippen LogP contribution < -0.4 is 0 Å². The van der Waals surface area contributed by atoms with Crippen LogP contribution >= 0.6 is 0 Å². The highest BCUT2D eigenvalue weighted by Crippen LogP contribution is 2.49. The summed E-state index contributed by atoms with van der Waals surface area (Å²) in [7, 11) is 0. The van der Waals surface area contributed by atoms with E-state index in [0.29, 0.717) is 0 Å². The van der Waals surface area contributed by atoms with Gasteiger partial charge in [0.2, 0.25) is 0 Å². The molecule has 1 aliphatic rings. The number of hydrogen-bond donors (Lipinski definition) is 0. The Morgan fingerprint density at radius 1 is 0.525 bits per heavy atom. The third-order valence-electron chi connectivity index (χ3n) is 9.43. The second-order valence-electron chi connectivity index (χ2n) is 11.4. The van der Waals surface area contributed by atoms with Crippen LogP contribution in [0, 0.1) is 13.8 Å². The SMILES string of the molecule is Cc1c(C)n(-c2ccc3c(c2)-c2ccccc2C3c2ccccc2)c2c1cc1ccc3cccc4ccc2c1c34. The monoisotopic (exact) mass is 509 g/mol. The van der Waals surface area contributed by atoms with Crippen LogP contribution in [-0.2, 0) is 0 Å². The van der Waals surface area contributed by atoms with Gasteiger partial charge in [-0.15, -0.1) is 0 Å². The molecule has 0 N–H and O–H groups in total. The summed E-state index contributed by atoms with van der Waals surface area (Å²) in [6, 6.07) is 45.3. The lowest BCUT2D eigenvalue weighted by Gasteiger charge is -2.17. The Morgan fingerprint density at radius 2 is 1.25 bits per heavy atom. The van der Waals surface area contributed by atoms with Gasteiger partial charge in [-0.25, -0.2) is 0 Å². The van der Waals surface area contributed by atoms with E-state index < -0.39 is 0 Å². The fourth-order valence-corrected chi connectivity index (χ4v) is 7.51. The molecule has 0 amide bonds. The zero-order valence-electron chi connectivity index (χ0n) is 22.6. The first-order valence-corrected chi connectivity index (χ1v) is 14.2. The van der Waals surface area contributed by atoms with Crippen LogP contribution in [0.1, 0.15) is 33.9 Å². The molecule has 40 heavy (non-hydrogen) atoms. The van der Waals surface area contributed by atoms with E-state index in [4.69, 9.17) is 0 Å². The molecule has 1 unspecified atom stereocenters. The summed E-state index contributed by atoms with van der Waals surface area (Å²) in [5, 5.41) is 9.35. The first-order valence-electron chi connectivity index (χ1n) is 14.2. The van der Waals surface area contributed by atoms with E-state index in [1.165, 1.54) is 88.0 Å². The Balaban J connectivity index is 1.36. The zero-order valence-corrected chi connectivity index (χ0v) is 22.6. The summed E-state index contributed by atoms with van der Waals surface area (Å²) < 4.78 is 2.51. The number of fused-ring (bicyclic) bond motifs is 5. The van der Waals surface area contributed by atoms with Gasteiger partial charge in [0.25, 0.3) is 0 Å². The molecule has 0 aliphatic heterocycles. The molecule has 9 rings (SSSR count). The molecule has 0 saturated heterocycles. The van der Waals surface area contributed by atoms with Crippen molar-refractivity contribution in [2.75, 3.05) is 0 Å². The molecule has 1 nitrogen and oxygen atoms in total. The normalized spacial score (nSPS) is 14.5. The van der Waals surface area contributed by atoms with Crippen molar-refractivity contribution >= 4 is 43.2 Å². The van der Waals surface area contributed by atoms with Crippen LogP contribution in [0.5, 0.6) is 0 Å². The Labute approximate surface area is 233 Å². The summed E-state index contributed by atoms with van der Waals surface area (Å²) in [6.45, 7) is 4.55. The first kappa shape index (κ1) is 22.0. The first-order chi connectivity index (χ1) is 19.7. The fourth-order valence-electron chi connectivity index (χ4n) is 7.51. The molecule has 1 aliphatic carbocycles. The molecule has 0 radical (unpaired) electrons. The highest BCUT2D eigenvalue weighted by molar-refractivity contribution is 6.29. The molecular weight excluding hydrogens is 482 g/mol. The number of benzene rings is 7. The lowest BCUT2D eigenvalue weighted by atomic mass is 9.89. The van der Waals surface area contributed by atoms with E-state index in [-0.39, 0.29) is 5.92 Å². The fraction of sp³-hybridized carbons (Fsp3) is 0.0769. The second-order valence-corrected chi connectivity index (χ2v) is 11.4. The van der Waals surface area contributed by atoms with Gasteiger partial charge in [0, 0.05) is 28.1 Å². The third kappa shape index (κ3) is 2.77. The van der Waals surface area contributed by atoms with Gasteiger partial charge in [-0.3, -0.25) is 0 Å². The average molecular weight is 510 g/mol. The highest BCUT2D eigenvalue weighted by atomic mass is 15.0. The molecule has 1 atom stereocenters. The minimum atomic E-state index is 0.267. The topological polar surface area (TPSA) is 4.93 Å². The molecule has 8 aromatic rings. The minimum Gasteiger partial charge on any atom is -0.313 e. The van der Waals surface area contributed by atoms with E-state index >= 15 is 0 Å². The molecular formula is C39H27N. The van der Waals surface area contributed by atoms with Crippen molar-refractivity contribution in [1.29, 1.82) is 0 Å². The summed E-state index contributed by atoms with van der Waals surface area (Å²) in [5.74, 6) is 0.267. The largest absolute Gasteiger partial charge is 0.313 e. The predicted octanol–water partition coefficient (Wildman–Crippen LogP) is 10.3. The van der Waals surface area contributed by atoms with Gasteiger partial charge in [0.15, 0.2) is 0 Å². The average Bonchev–Trinajstić information content (AvgIpc) is 3.47. The quantitative estimate of drug-likeness (QED) is 0.204. The van der Waals surface area contributed by atoms with E-state index in [0.717, 1.165) is 0 Å². The van der Waals surface area contributed by atoms with E-state index in [1.54, 1.807) is 0 Å². The van der Waals surface area contributed by atoms with Crippen LogP contribution in [0.25, 0.3) is 60.0 Å². The Hall–Kier alpha value is -4.88. The van der Waals surface area contributed by atoms with Crippen LogP contribution in [0.15, 0.2) is 121 Å². The summed E-state index contributed by atoms with van der Waals surface area (Å²) in [4.78, 5) is 0. The van der Waals surface area contributed by atoms with Gasteiger partial charge in [-0.05, 0) is 92.4 Å². The third-order valence-corrected chi connectivity index (χ3v) is 9.43. The lowest BCUT2D eigenvalue weighted by molar-refractivity contribution is 1.01.